The molecular formula is C13H22N4O. The Bertz CT molecular complexity index is 392. The lowest BCUT2D eigenvalue weighted by atomic mass is 9.89. The number of aromatic nitrogens is 2. The van der Waals surface area contributed by atoms with Gasteiger partial charge in [-0.25, -0.2) is 0 Å². The predicted octanol–water partition coefficient (Wildman–Crippen LogP) is 2.23. The molecule has 5 nitrogen and oxygen atoms in total. The topological polar surface area (TPSA) is 74.7 Å². The normalized spacial score (nSPS) is 11.4. The molecule has 0 aliphatic heterocycles. The van der Waals surface area contributed by atoms with Gasteiger partial charge < -0.3 is 9.84 Å². The fourth-order valence-electron chi connectivity index (χ4n) is 1.63. The third kappa shape index (κ3) is 5.78. The first kappa shape index (κ1) is 14.7. The van der Waals surface area contributed by atoms with E-state index >= 15 is 0 Å². The van der Waals surface area contributed by atoms with Crippen molar-refractivity contribution in [3.05, 3.63) is 11.7 Å². The van der Waals surface area contributed by atoms with Crippen molar-refractivity contribution in [3.63, 3.8) is 0 Å². The van der Waals surface area contributed by atoms with Gasteiger partial charge in [-0.3, -0.25) is 0 Å². The van der Waals surface area contributed by atoms with Crippen LogP contribution in [0.5, 0.6) is 0 Å². The first-order valence-corrected chi connectivity index (χ1v) is 6.45. The molecule has 0 atom stereocenters. The Hall–Kier alpha value is -1.41. The fraction of sp³-hybridized carbons (Fsp3) is 0.769. The van der Waals surface area contributed by atoms with Crippen LogP contribution in [0.2, 0.25) is 0 Å². The Morgan fingerprint density at radius 1 is 1.33 bits per heavy atom. The second kappa shape index (κ2) is 7.12. The van der Waals surface area contributed by atoms with Gasteiger partial charge in [0, 0.05) is 13.0 Å². The molecule has 0 aromatic carbocycles. The van der Waals surface area contributed by atoms with Crippen LogP contribution in [-0.2, 0) is 6.42 Å². The molecule has 0 fully saturated rings. The standard InChI is InChI=1S/C13H22N4O/c1-11-16-12(18-17-11)6-9-15-8-5-4-7-13(2,3)10-14/h15H,4-9H2,1-3H3. The van der Waals surface area contributed by atoms with E-state index in [2.05, 4.69) is 21.5 Å². The molecule has 0 saturated carbocycles. The Morgan fingerprint density at radius 3 is 2.72 bits per heavy atom. The van der Waals surface area contributed by atoms with Crippen molar-refractivity contribution in [1.82, 2.24) is 15.5 Å². The highest BCUT2D eigenvalue weighted by atomic mass is 16.5. The number of nitrogens with one attached hydrogen (secondary N) is 1. The van der Waals surface area contributed by atoms with E-state index in [0.29, 0.717) is 11.7 Å². The third-order valence-corrected chi connectivity index (χ3v) is 2.79. The Labute approximate surface area is 109 Å². The highest BCUT2D eigenvalue weighted by Crippen LogP contribution is 2.21. The lowest BCUT2D eigenvalue weighted by molar-refractivity contribution is 0.371. The van der Waals surface area contributed by atoms with Crippen molar-refractivity contribution in [1.29, 1.82) is 5.26 Å². The minimum absolute atomic E-state index is 0.193. The maximum atomic E-state index is 8.87. The molecule has 1 aromatic heterocycles. The second-order valence-corrected chi connectivity index (χ2v) is 5.19. The minimum Gasteiger partial charge on any atom is -0.339 e. The van der Waals surface area contributed by atoms with E-state index in [0.717, 1.165) is 38.8 Å². The van der Waals surface area contributed by atoms with E-state index < -0.39 is 0 Å². The summed E-state index contributed by atoms with van der Waals surface area (Å²) in [5.41, 5.74) is -0.193. The van der Waals surface area contributed by atoms with E-state index in [1.807, 2.05) is 20.8 Å². The SMILES string of the molecule is Cc1noc(CCNCCCCC(C)(C)C#N)n1. The van der Waals surface area contributed by atoms with Crippen LogP contribution in [-0.4, -0.2) is 23.2 Å². The summed E-state index contributed by atoms with van der Waals surface area (Å²) in [6.45, 7) is 7.60. The summed E-state index contributed by atoms with van der Waals surface area (Å²) in [5, 5.41) is 15.9. The average molecular weight is 250 g/mol. The highest BCUT2D eigenvalue weighted by molar-refractivity contribution is 4.91. The van der Waals surface area contributed by atoms with Crippen LogP contribution in [0.25, 0.3) is 0 Å². The molecule has 1 heterocycles. The Balaban J connectivity index is 1.98. The zero-order valence-electron chi connectivity index (χ0n) is 11.5. The molecule has 1 N–H and O–H groups in total. The third-order valence-electron chi connectivity index (χ3n) is 2.79. The van der Waals surface area contributed by atoms with Gasteiger partial charge in [-0.1, -0.05) is 11.6 Å². The lowest BCUT2D eigenvalue weighted by Crippen LogP contribution is -2.19. The summed E-state index contributed by atoms with van der Waals surface area (Å²) in [4.78, 5) is 4.13. The number of hydrogen-bond acceptors (Lipinski definition) is 5. The number of rotatable bonds is 8. The van der Waals surface area contributed by atoms with Crippen LogP contribution >= 0.6 is 0 Å². The van der Waals surface area contributed by atoms with Crippen molar-refractivity contribution in [3.8, 4) is 6.07 Å². The number of unbranched alkanes of at least 4 members (excludes halogenated alkanes) is 1. The molecule has 0 unspecified atom stereocenters. The van der Waals surface area contributed by atoms with E-state index in [9.17, 15) is 0 Å². The molecule has 1 rings (SSSR count). The molecule has 0 bridgehead atoms. The van der Waals surface area contributed by atoms with Crippen LogP contribution < -0.4 is 5.32 Å². The van der Waals surface area contributed by atoms with E-state index in [4.69, 9.17) is 9.78 Å². The summed E-state index contributed by atoms with van der Waals surface area (Å²) in [7, 11) is 0. The minimum atomic E-state index is -0.193. The van der Waals surface area contributed by atoms with Gasteiger partial charge in [0.25, 0.3) is 0 Å². The van der Waals surface area contributed by atoms with Gasteiger partial charge in [-0.05, 0) is 40.2 Å². The van der Waals surface area contributed by atoms with Crippen molar-refractivity contribution >= 4 is 0 Å². The van der Waals surface area contributed by atoms with Crippen LogP contribution in [0.15, 0.2) is 4.52 Å². The quantitative estimate of drug-likeness (QED) is 0.716. The second-order valence-electron chi connectivity index (χ2n) is 5.19. The molecule has 18 heavy (non-hydrogen) atoms. The molecular weight excluding hydrogens is 228 g/mol. The summed E-state index contributed by atoms with van der Waals surface area (Å²) in [5.74, 6) is 1.37. The van der Waals surface area contributed by atoms with Gasteiger partial charge in [0.15, 0.2) is 5.82 Å². The largest absolute Gasteiger partial charge is 0.339 e. The first-order valence-electron chi connectivity index (χ1n) is 6.45. The predicted molar refractivity (Wildman–Crippen MR) is 68.9 cm³/mol. The Morgan fingerprint density at radius 2 is 2.11 bits per heavy atom. The maximum Gasteiger partial charge on any atom is 0.227 e. The lowest BCUT2D eigenvalue weighted by Gasteiger charge is -2.14. The van der Waals surface area contributed by atoms with Crippen LogP contribution in [0.1, 0.15) is 44.8 Å². The molecule has 0 radical (unpaired) electrons. The number of nitrogens with zero attached hydrogens (tertiary/aromatic N) is 3. The molecule has 0 spiro atoms. The monoisotopic (exact) mass is 250 g/mol. The van der Waals surface area contributed by atoms with E-state index in [1.54, 1.807) is 0 Å². The molecule has 100 valence electrons. The van der Waals surface area contributed by atoms with Crippen molar-refractivity contribution in [2.75, 3.05) is 13.1 Å². The molecule has 0 aliphatic rings. The first-order chi connectivity index (χ1) is 8.53. The van der Waals surface area contributed by atoms with Crippen LogP contribution in [0, 0.1) is 23.7 Å². The smallest absolute Gasteiger partial charge is 0.227 e. The van der Waals surface area contributed by atoms with Gasteiger partial charge in [-0.2, -0.15) is 10.2 Å². The summed E-state index contributed by atoms with van der Waals surface area (Å²) in [6.07, 6.45) is 3.89. The summed E-state index contributed by atoms with van der Waals surface area (Å²) >= 11 is 0. The van der Waals surface area contributed by atoms with Gasteiger partial charge in [0.1, 0.15) is 0 Å². The summed E-state index contributed by atoms with van der Waals surface area (Å²) in [6, 6.07) is 2.32. The average Bonchev–Trinajstić information content (AvgIpc) is 2.74. The zero-order valence-corrected chi connectivity index (χ0v) is 11.5. The van der Waals surface area contributed by atoms with Gasteiger partial charge >= 0.3 is 0 Å². The fourth-order valence-corrected chi connectivity index (χ4v) is 1.63. The molecule has 0 saturated heterocycles. The van der Waals surface area contributed by atoms with Crippen LogP contribution in [0.3, 0.4) is 0 Å². The number of aryl methyl sites for hydroxylation is 1. The summed E-state index contributed by atoms with van der Waals surface area (Å²) < 4.78 is 5.01. The van der Waals surface area contributed by atoms with Crippen molar-refractivity contribution in [2.45, 2.75) is 46.5 Å². The van der Waals surface area contributed by atoms with Crippen molar-refractivity contribution in [2.24, 2.45) is 5.41 Å². The number of nitriles is 1. The Kier molecular flexibility index (Phi) is 5.79. The van der Waals surface area contributed by atoms with Crippen molar-refractivity contribution < 1.29 is 4.52 Å². The molecule has 5 heteroatoms. The highest BCUT2D eigenvalue weighted by Gasteiger charge is 2.15. The van der Waals surface area contributed by atoms with E-state index in [1.165, 1.54) is 0 Å². The maximum absolute atomic E-state index is 8.87. The van der Waals surface area contributed by atoms with E-state index in [-0.39, 0.29) is 5.41 Å². The number of hydrogen-bond donors (Lipinski definition) is 1. The molecule has 0 amide bonds. The van der Waals surface area contributed by atoms with Crippen LogP contribution in [0.4, 0.5) is 0 Å². The molecule has 0 aliphatic carbocycles. The van der Waals surface area contributed by atoms with Gasteiger partial charge in [-0.15, -0.1) is 0 Å². The van der Waals surface area contributed by atoms with Gasteiger partial charge in [0.05, 0.1) is 11.5 Å². The van der Waals surface area contributed by atoms with Gasteiger partial charge in [0.2, 0.25) is 5.89 Å². The zero-order chi connectivity index (χ0) is 13.4. The molecule has 1 aromatic rings.